The second-order valence-corrected chi connectivity index (χ2v) is 5.57. The van der Waals surface area contributed by atoms with Gasteiger partial charge in [0.1, 0.15) is 6.61 Å². The molecule has 0 saturated carbocycles. The van der Waals surface area contributed by atoms with E-state index in [1.165, 1.54) is 0 Å². The predicted molar refractivity (Wildman–Crippen MR) is 76.2 cm³/mol. The Kier molecular flexibility index (Phi) is 4.45. The van der Waals surface area contributed by atoms with Gasteiger partial charge in [0.05, 0.1) is 5.02 Å². The van der Waals surface area contributed by atoms with E-state index in [9.17, 15) is 5.11 Å². The maximum atomic E-state index is 9.33. The lowest BCUT2D eigenvalue weighted by Gasteiger charge is -2.12. The van der Waals surface area contributed by atoms with E-state index in [4.69, 9.17) is 23.2 Å². The number of rotatable bonds is 4. The average molecular weight is 300 g/mol. The maximum Gasteiger partial charge on any atom is 0.165 e. The molecule has 0 saturated heterocycles. The minimum atomic E-state index is -0.148. The fourth-order valence-corrected chi connectivity index (χ4v) is 2.37. The minimum Gasteiger partial charge on any atom is -0.388 e. The summed E-state index contributed by atoms with van der Waals surface area (Å²) in [6.07, 6.45) is 0. The molecule has 2 rings (SSSR count). The zero-order valence-electron chi connectivity index (χ0n) is 10.8. The molecule has 0 spiro atoms. The first-order valence-electron chi connectivity index (χ1n) is 6.01. The van der Waals surface area contributed by atoms with E-state index >= 15 is 0 Å². The largest absolute Gasteiger partial charge is 0.388 e. The first-order chi connectivity index (χ1) is 9.02. The minimum absolute atomic E-state index is 0.148. The maximum absolute atomic E-state index is 9.33. The SMILES string of the molecule is CC(C)Cn1c(CO)nnc1-c1ccc(Cl)cc1Cl. The number of hydrogen-bond donors (Lipinski definition) is 1. The van der Waals surface area contributed by atoms with Crippen LogP contribution in [-0.4, -0.2) is 19.9 Å². The number of nitrogens with zero attached hydrogens (tertiary/aromatic N) is 3. The van der Waals surface area contributed by atoms with Crippen LogP contribution in [0.2, 0.25) is 10.0 Å². The molecule has 0 aliphatic rings. The second-order valence-electron chi connectivity index (χ2n) is 4.73. The first-order valence-corrected chi connectivity index (χ1v) is 6.77. The van der Waals surface area contributed by atoms with Crippen LogP contribution in [0, 0.1) is 5.92 Å². The van der Waals surface area contributed by atoms with E-state index in [0.29, 0.717) is 27.6 Å². The van der Waals surface area contributed by atoms with E-state index in [0.717, 1.165) is 12.1 Å². The van der Waals surface area contributed by atoms with Gasteiger partial charge >= 0.3 is 0 Å². The lowest BCUT2D eigenvalue weighted by Crippen LogP contribution is -2.10. The molecule has 0 aliphatic heterocycles. The topological polar surface area (TPSA) is 50.9 Å². The third-order valence-electron chi connectivity index (χ3n) is 2.69. The summed E-state index contributed by atoms with van der Waals surface area (Å²) in [5.41, 5.74) is 0.763. The fourth-order valence-electron chi connectivity index (χ4n) is 1.88. The summed E-state index contributed by atoms with van der Waals surface area (Å²) in [4.78, 5) is 0. The third-order valence-corrected chi connectivity index (χ3v) is 3.24. The molecular formula is C13H15Cl2N3O. The summed E-state index contributed by atoms with van der Waals surface area (Å²) >= 11 is 12.1. The van der Waals surface area contributed by atoms with Crippen LogP contribution in [0.3, 0.4) is 0 Å². The molecule has 2 aromatic rings. The monoisotopic (exact) mass is 299 g/mol. The van der Waals surface area contributed by atoms with Crippen molar-refractivity contribution in [3.8, 4) is 11.4 Å². The van der Waals surface area contributed by atoms with Crippen molar-refractivity contribution in [2.45, 2.75) is 27.0 Å². The Hall–Kier alpha value is -1.10. The van der Waals surface area contributed by atoms with Gasteiger partial charge in [0, 0.05) is 17.1 Å². The number of benzene rings is 1. The molecule has 0 amide bonds. The number of halogens is 2. The van der Waals surface area contributed by atoms with Crippen LogP contribution in [0.5, 0.6) is 0 Å². The highest BCUT2D eigenvalue weighted by atomic mass is 35.5. The highest BCUT2D eigenvalue weighted by molar-refractivity contribution is 6.36. The summed E-state index contributed by atoms with van der Waals surface area (Å²) in [6, 6.07) is 5.24. The zero-order chi connectivity index (χ0) is 14.0. The van der Waals surface area contributed by atoms with Crippen molar-refractivity contribution >= 4 is 23.2 Å². The van der Waals surface area contributed by atoms with E-state index < -0.39 is 0 Å². The van der Waals surface area contributed by atoms with Crippen LogP contribution < -0.4 is 0 Å². The van der Waals surface area contributed by atoms with Crippen LogP contribution >= 0.6 is 23.2 Å². The Morgan fingerprint density at radius 2 is 2.00 bits per heavy atom. The molecule has 0 bridgehead atoms. The highest BCUT2D eigenvalue weighted by Crippen LogP contribution is 2.30. The molecule has 0 unspecified atom stereocenters. The molecule has 6 heteroatoms. The Morgan fingerprint density at radius 1 is 1.26 bits per heavy atom. The lowest BCUT2D eigenvalue weighted by molar-refractivity contribution is 0.262. The number of aliphatic hydroxyl groups excluding tert-OH is 1. The van der Waals surface area contributed by atoms with Crippen LogP contribution in [0.1, 0.15) is 19.7 Å². The third kappa shape index (κ3) is 3.08. The smallest absolute Gasteiger partial charge is 0.165 e. The second kappa shape index (κ2) is 5.90. The van der Waals surface area contributed by atoms with E-state index in [1.54, 1.807) is 12.1 Å². The van der Waals surface area contributed by atoms with Crippen molar-refractivity contribution in [1.82, 2.24) is 14.8 Å². The predicted octanol–water partition coefficient (Wildman–Crippen LogP) is 3.40. The summed E-state index contributed by atoms with van der Waals surface area (Å²) in [7, 11) is 0. The van der Waals surface area contributed by atoms with Crippen molar-refractivity contribution < 1.29 is 5.11 Å². The molecule has 19 heavy (non-hydrogen) atoms. The van der Waals surface area contributed by atoms with Crippen molar-refractivity contribution in [3.63, 3.8) is 0 Å². The van der Waals surface area contributed by atoms with Gasteiger partial charge < -0.3 is 9.67 Å². The van der Waals surface area contributed by atoms with Crippen LogP contribution in [0.15, 0.2) is 18.2 Å². The molecule has 1 aromatic carbocycles. The Labute approximate surface area is 122 Å². The Balaban J connectivity index is 2.52. The first kappa shape index (κ1) is 14.3. The highest BCUT2D eigenvalue weighted by Gasteiger charge is 2.16. The number of aliphatic hydroxyl groups is 1. The van der Waals surface area contributed by atoms with Gasteiger partial charge in [-0.3, -0.25) is 0 Å². The normalized spacial score (nSPS) is 11.3. The fraction of sp³-hybridized carbons (Fsp3) is 0.385. The standard InChI is InChI=1S/C13H15Cl2N3O/c1-8(2)6-18-12(7-19)16-17-13(18)10-4-3-9(14)5-11(10)15/h3-5,8,19H,6-7H2,1-2H3. The Bertz CT molecular complexity index is 581. The van der Waals surface area contributed by atoms with Gasteiger partial charge in [-0.05, 0) is 24.1 Å². The van der Waals surface area contributed by atoms with Gasteiger partial charge in [-0.25, -0.2) is 0 Å². The average Bonchev–Trinajstić information content (AvgIpc) is 2.71. The Morgan fingerprint density at radius 3 is 2.58 bits per heavy atom. The van der Waals surface area contributed by atoms with Gasteiger partial charge in [0.25, 0.3) is 0 Å². The van der Waals surface area contributed by atoms with Gasteiger partial charge in [-0.2, -0.15) is 0 Å². The molecule has 1 heterocycles. The molecule has 0 fully saturated rings. The molecule has 0 radical (unpaired) electrons. The van der Waals surface area contributed by atoms with E-state index in [-0.39, 0.29) is 6.61 Å². The summed E-state index contributed by atoms with van der Waals surface area (Å²) in [6.45, 7) is 4.75. The van der Waals surface area contributed by atoms with E-state index in [1.807, 2.05) is 10.6 Å². The summed E-state index contributed by atoms with van der Waals surface area (Å²) in [5, 5.41) is 18.6. The molecule has 0 atom stereocenters. The molecule has 0 aliphatic carbocycles. The van der Waals surface area contributed by atoms with Crippen molar-refractivity contribution in [2.75, 3.05) is 0 Å². The quantitative estimate of drug-likeness (QED) is 0.941. The van der Waals surface area contributed by atoms with Gasteiger partial charge in [-0.15, -0.1) is 10.2 Å². The van der Waals surface area contributed by atoms with Crippen molar-refractivity contribution in [1.29, 1.82) is 0 Å². The molecule has 4 nitrogen and oxygen atoms in total. The summed E-state index contributed by atoms with van der Waals surface area (Å²) in [5.74, 6) is 1.60. The number of hydrogen-bond acceptors (Lipinski definition) is 3. The zero-order valence-corrected chi connectivity index (χ0v) is 12.3. The molecule has 102 valence electrons. The van der Waals surface area contributed by atoms with Crippen molar-refractivity contribution in [3.05, 3.63) is 34.1 Å². The van der Waals surface area contributed by atoms with Crippen LogP contribution in [0.25, 0.3) is 11.4 Å². The van der Waals surface area contributed by atoms with Crippen LogP contribution in [-0.2, 0) is 13.2 Å². The molecule has 1 aromatic heterocycles. The van der Waals surface area contributed by atoms with Gasteiger partial charge in [-0.1, -0.05) is 37.0 Å². The van der Waals surface area contributed by atoms with Gasteiger partial charge in [0.2, 0.25) is 0 Å². The van der Waals surface area contributed by atoms with Crippen molar-refractivity contribution in [2.24, 2.45) is 5.92 Å². The summed E-state index contributed by atoms with van der Waals surface area (Å²) < 4.78 is 1.89. The molecule has 1 N–H and O–H groups in total. The molecular weight excluding hydrogens is 285 g/mol. The van der Waals surface area contributed by atoms with Crippen LogP contribution in [0.4, 0.5) is 0 Å². The number of aromatic nitrogens is 3. The van der Waals surface area contributed by atoms with Gasteiger partial charge in [0.15, 0.2) is 11.6 Å². The lowest BCUT2D eigenvalue weighted by atomic mass is 10.2. The van der Waals surface area contributed by atoms with E-state index in [2.05, 4.69) is 24.0 Å².